The van der Waals surface area contributed by atoms with E-state index in [-0.39, 0.29) is 19.4 Å². The second-order valence-electron chi connectivity index (χ2n) is 3.38. The van der Waals surface area contributed by atoms with Gasteiger partial charge in [0.2, 0.25) is 0 Å². The predicted molar refractivity (Wildman–Crippen MR) is 46.7 cm³/mol. The Kier molecular flexibility index (Phi) is 4.54. The van der Waals surface area contributed by atoms with Gasteiger partial charge in [0.25, 0.3) is 0 Å². The first kappa shape index (κ1) is 9.93. The third-order valence-electron chi connectivity index (χ3n) is 2.55. The molecular weight excluding hydrogens is 157 g/mol. The minimum absolute atomic E-state index is 0.222. The van der Waals surface area contributed by atoms with Crippen LogP contribution in [-0.4, -0.2) is 25.9 Å². The minimum atomic E-state index is -0.381. The third-order valence-corrected chi connectivity index (χ3v) is 2.55. The van der Waals surface area contributed by atoms with Gasteiger partial charge in [-0.3, -0.25) is 0 Å². The van der Waals surface area contributed by atoms with Crippen LogP contribution in [0.5, 0.6) is 0 Å². The summed E-state index contributed by atoms with van der Waals surface area (Å²) in [4.78, 5) is 0. The van der Waals surface area contributed by atoms with E-state index in [1.807, 2.05) is 0 Å². The van der Waals surface area contributed by atoms with E-state index in [2.05, 4.69) is 0 Å². The molecule has 1 aliphatic rings. The fourth-order valence-electron chi connectivity index (χ4n) is 1.86. The molecule has 0 saturated heterocycles. The number of halogens is 1. The summed E-state index contributed by atoms with van der Waals surface area (Å²) in [6.45, 7) is 0.534. The normalized spacial score (nSPS) is 30.5. The Morgan fingerprint density at radius 3 is 2.75 bits per heavy atom. The highest BCUT2D eigenvalue weighted by atomic mass is 19.1. The van der Waals surface area contributed by atoms with Gasteiger partial charge < -0.3 is 10.5 Å². The summed E-state index contributed by atoms with van der Waals surface area (Å²) >= 11 is 0. The average Bonchev–Trinajstić information content (AvgIpc) is 2.15. The molecular formula is C9H18FNO. The van der Waals surface area contributed by atoms with Crippen LogP contribution in [-0.2, 0) is 4.74 Å². The predicted octanol–water partition coefficient (Wildman–Crippen LogP) is 1.49. The van der Waals surface area contributed by atoms with Crippen molar-refractivity contribution in [3.63, 3.8) is 0 Å². The van der Waals surface area contributed by atoms with E-state index in [1.165, 1.54) is 12.8 Å². The van der Waals surface area contributed by atoms with Gasteiger partial charge in [0.15, 0.2) is 0 Å². The fourth-order valence-corrected chi connectivity index (χ4v) is 1.86. The smallest absolute Gasteiger partial charge is 0.113 e. The lowest BCUT2D eigenvalue weighted by molar-refractivity contribution is -0.0130. The number of rotatable bonds is 4. The lowest BCUT2D eigenvalue weighted by Gasteiger charge is -2.30. The van der Waals surface area contributed by atoms with Crippen LogP contribution in [0.4, 0.5) is 4.39 Å². The number of nitrogens with two attached hydrogens (primary N) is 1. The molecule has 1 aliphatic carbocycles. The van der Waals surface area contributed by atoms with Gasteiger partial charge in [-0.15, -0.1) is 0 Å². The molecule has 2 unspecified atom stereocenters. The van der Waals surface area contributed by atoms with Gasteiger partial charge in [0.1, 0.15) is 6.67 Å². The van der Waals surface area contributed by atoms with Crippen molar-refractivity contribution in [1.82, 2.24) is 0 Å². The maximum atomic E-state index is 11.8. The lowest BCUT2D eigenvalue weighted by atomic mass is 9.86. The third kappa shape index (κ3) is 2.72. The molecule has 1 fully saturated rings. The van der Waals surface area contributed by atoms with E-state index in [1.54, 1.807) is 0 Å². The summed E-state index contributed by atoms with van der Waals surface area (Å²) in [5.41, 5.74) is 5.59. The zero-order valence-corrected chi connectivity index (χ0v) is 7.47. The Bertz CT molecular complexity index is 121. The second kappa shape index (κ2) is 5.49. The monoisotopic (exact) mass is 175 g/mol. The van der Waals surface area contributed by atoms with Crippen LogP contribution < -0.4 is 5.73 Å². The molecule has 3 heteroatoms. The topological polar surface area (TPSA) is 35.2 Å². The van der Waals surface area contributed by atoms with Gasteiger partial charge in [-0.05, 0) is 25.3 Å². The Balaban J connectivity index is 2.26. The molecule has 0 aromatic carbocycles. The van der Waals surface area contributed by atoms with Gasteiger partial charge in [-0.25, -0.2) is 4.39 Å². The molecule has 2 nitrogen and oxygen atoms in total. The Labute approximate surface area is 73.3 Å². The quantitative estimate of drug-likeness (QED) is 0.702. The van der Waals surface area contributed by atoms with Crippen LogP contribution in [0.25, 0.3) is 0 Å². The van der Waals surface area contributed by atoms with Gasteiger partial charge >= 0.3 is 0 Å². The van der Waals surface area contributed by atoms with Crippen molar-refractivity contribution >= 4 is 0 Å². The summed E-state index contributed by atoms with van der Waals surface area (Å²) in [6.07, 6.45) is 4.87. The summed E-state index contributed by atoms with van der Waals surface area (Å²) in [5.74, 6) is 0.463. The zero-order chi connectivity index (χ0) is 8.81. The second-order valence-corrected chi connectivity index (χ2v) is 3.38. The van der Waals surface area contributed by atoms with Crippen LogP contribution in [0.1, 0.15) is 25.7 Å². The molecule has 72 valence electrons. The first-order chi connectivity index (χ1) is 5.88. The summed E-state index contributed by atoms with van der Waals surface area (Å²) in [5, 5.41) is 0. The number of hydrogen-bond acceptors (Lipinski definition) is 2. The van der Waals surface area contributed by atoms with Crippen molar-refractivity contribution in [1.29, 1.82) is 0 Å². The zero-order valence-electron chi connectivity index (χ0n) is 7.47. The SMILES string of the molecule is NCC1CCCCC1OCCF. The molecule has 0 radical (unpaired) electrons. The Morgan fingerprint density at radius 2 is 2.08 bits per heavy atom. The molecule has 0 bridgehead atoms. The van der Waals surface area contributed by atoms with Crippen molar-refractivity contribution in [2.24, 2.45) is 11.7 Å². The molecule has 1 rings (SSSR count). The molecule has 2 atom stereocenters. The van der Waals surface area contributed by atoms with Gasteiger partial charge in [-0.1, -0.05) is 12.8 Å². The van der Waals surface area contributed by atoms with Crippen LogP contribution in [0.3, 0.4) is 0 Å². The summed E-state index contributed by atoms with van der Waals surface area (Å²) < 4.78 is 17.2. The maximum Gasteiger partial charge on any atom is 0.113 e. The van der Waals surface area contributed by atoms with E-state index in [4.69, 9.17) is 10.5 Å². The van der Waals surface area contributed by atoms with E-state index in [0.717, 1.165) is 12.8 Å². The highest BCUT2D eigenvalue weighted by Crippen LogP contribution is 2.25. The highest BCUT2D eigenvalue weighted by Gasteiger charge is 2.24. The van der Waals surface area contributed by atoms with E-state index in [9.17, 15) is 4.39 Å². The van der Waals surface area contributed by atoms with E-state index >= 15 is 0 Å². The number of ether oxygens (including phenoxy) is 1. The molecule has 0 amide bonds. The molecule has 0 aromatic rings. The average molecular weight is 175 g/mol. The van der Waals surface area contributed by atoms with Gasteiger partial charge in [0.05, 0.1) is 12.7 Å². The van der Waals surface area contributed by atoms with Crippen molar-refractivity contribution in [3.05, 3.63) is 0 Å². The Morgan fingerprint density at radius 1 is 1.33 bits per heavy atom. The summed E-state index contributed by atoms with van der Waals surface area (Å²) in [6, 6.07) is 0. The number of hydrogen-bond donors (Lipinski definition) is 1. The molecule has 2 N–H and O–H groups in total. The van der Waals surface area contributed by atoms with E-state index < -0.39 is 0 Å². The largest absolute Gasteiger partial charge is 0.375 e. The van der Waals surface area contributed by atoms with Gasteiger partial charge in [-0.2, -0.15) is 0 Å². The van der Waals surface area contributed by atoms with Crippen LogP contribution in [0.2, 0.25) is 0 Å². The summed E-state index contributed by atoms with van der Waals surface area (Å²) in [7, 11) is 0. The van der Waals surface area contributed by atoms with Crippen LogP contribution in [0.15, 0.2) is 0 Å². The van der Waals surface area contributed by atoms with Crippen LogP contribution >= 0.6 is 0 Å². The standard InChI is InChI=1S/C9H18FNO/c10-5-6-12-9-4-2-1-3-8(9)7-11/h8-9H,1-7,11H2. The molecule has 12 heavy (non-hydrogen) atoms. The molecule has 0 aliphatic heterocycles. The lowest BCUT2D eigenvalue weighted by Crippen LogP contribution is -2.33. The first-order valence-electron chi connectivity index (χ1n) is 4.76. The molecule has 1 saturated carbocycles. The van der Waals surface area contributed by atoms with E-state index in [0.29, 0.717) is 12.5 Å². The van der Waals surface area contributed by atoms with Gasteiger partial charge in [0, 0.05) is 0 Å². The van der Waals surface area contributed by atoms with Crippen molar-refractivity contribution < 1.29 is 9.13 Å². The molecule has 0 aromatic heterocycles. The molecule has 0 spiro atoms. The van der Waals surface area contributed by atoms with Crippen molar-refractivity contribution in [2.45, 2.75) is 31.8 Å². The van der Waals surface area contributed by atoms with Crippen molar-refractivity contribution in [2.75, 3.05) is 19.8 Å². The minimum Gasteiger partial charge on any atom is -0.375 e. The first-order valence-corrected chi connectivity index (χ1v) is 4.76. The highest BCUT2D eigenvalue weighted by molar-refractivity contribution is 4.76. The number of alkyl halides is 1. The van der Waals surface area contributed by atoms with Crippen molar-refractivity contribution in [3.8, 4) is 0 Å². The van der Waals surface area contributed by atoms with Crippen LogP contribution in [0, 0.1) is 5.92 Å². The fraction of sp³-hybridized carbons (Fsp3) is 1.00. The Hall–Kier alpha value is -0.150. The molecule has 0 heterocycles. The maximum absolute atomic E-state index is 11.8.